The van der Waals surface area contributed by atoms with Gasteiger partial charge in [-0.05, 0) is 64.0 Å². The molecule has 0 heterocycles. The van der Waals surface area contributed by atoms with Crippen molar-refractivity contribution in [2.75, 3.05) is 13.2 Å². The van der Waals surface area contributed by atoms with Gasteiger partial charge in [0.05, 0.1) is 19.3 Å². The van der Waals surface area contributed by atoms with Gasteiger partial charge in [-0.3, -0.25) is 0 Å². The van der Waals surface area contributed by atoms with Crippen molar-refractivity contribution in [2.24, 2.45) is 0 Å². The first-order valence-electron chi connectivity index (χ1n) is 13.5. The minimum atomic E-state index is -2.76. The van der Waals surface area contributed by atoms with Crippen LogP contribution in [0.2, 0.25) is 5.04 Å². The van der Waals surface area contributed by atoms with Crippen molar-refractivity contribution in [2.45, 2.75) is 51.7 Å². The van der Waals surface area contributed by atoms with E-state index in [4.69, 9.17) is 4.43 Å². The van der Waals surface area contributed by atoms with Crippen LogP contribution in [0.4, 0.5) is 0 Å². The van der Waals surface area contributed by atoms with Crippen molar-refractivity contribution in [1.29, 1.82) is 0 Å². The fraction of sp³-hybridized carbons (Fsp3) is 0.294. The van der Waals surface area contributed by atoms with E-state index in [0.29, 0.717) is 24.0 Å². The molecule has 3 N–H and O–H groups in total. The summed E-state index contributed by atoms with van der Waals surface area (Å²) in [6.45, 7) is 13.0. The Hall–Kier alpha value is -3.22. The predicted molar refractivity (Wildman–Crippen MR) is 165 cm³/mol. The number of rotatable bonds is 12. The monoisotopic (exact) mass is 542 g/mol. The van der Waals surface area contributed by atoms with Crippen molar-refractivity contribution in [1.82, 2.24) is 0 Å². The topological polar surface area (TPSA) is 69.9 Å². The van der Waals surface area contributed by atoms with Gasteiger partial charge in [0, 0.05) is 0 Å². The molecule has 1 atom stereocenters. The molecule has 39 heavy (non-hydrogen) atoms. The minimum Gasteiger partial charge on any atom is -0.508 e. The van der Waals surface area contributed by atoms with Gasteiger partial charge in [0.25, 0.3) is 8.32 Å². The molecule has 0 aliphatic heterocycles. The molecule has 206 valence electrons. The van der Waals surface area contributed by atoms with E-state index in [0.717, 1.165) is 11.1 Å². The molecule has 0 radical (unpaired) electrons. The van der Waals surface area contributed by atoms with Crippen LogP contribution in [-0.2, 0) is 4.43 Å². The Morgan fingerprint density at radius 3 is 2.05 bits per heavy atom. The van der Waals surface area contributed by atoms with Crippen molar-refractivity contribution in [3.05, 3.63) is 120 Å². The van der Waals surface area contributed by atoms with Crippen molar-refractivity contribution < 1.29 is 19.7 Å². The third-order valence-electron chi connectivity index (χ3n) is 7.05. The zero-order chi connectivity index (χ0) is 28.5. The van der Waals surface area contributed by atoms with Gasteiger partial charge in [-0.15, -0.1) is 0 Å². The number of aliphatic hydroxyl groups excluding tert-OH is 2. The van der Waals surface area contributed by atoms with E-state index in [1.54, 1.807) is 24.3 Å². The average Bonchev–Trinajstić information content (AvgIpc) is 2.91. The highest BCUT2D eigenvalue weighted by Crippen LogP contribution is 2.37. The van der Waals surface area contributed by atoms with Gasteiger partial charge in [-0.1, -0.05) is 118 Å². The zero-order valence-corrected chi connectivity index (χ0v) is 24.6. The molecule has 5 heteroatoms. The van der Waals surface area contributed by atoms with Crippen LogP contribution >= 0.6 is 0 Å². The number of hydrogen-bond donors (Lipinski definition) is 3. The van der Waals surface area contributed by atoms with Crippen LogP contribution < -0.4 is 10.4 Å². The Kier molecular flexibility index (Phi) is 10.7. The molecule has 0 saturated heterocycles. The van der Waals surface area contributed by atoms with Crippen LogP contribution in [-0.4, -0.2) is 43.0 Å². The van der Waals surface area contributed by atoms with Crippen molar-refractivity contribution in [3.63, 3.8) is 0 Å². The van der Waals surface area contributed by atoms with E-state index in [-0.39, 0.29) is 24.0 Å². The van der Waals surface area contributed by atoms with Crippen LogP contribution in [0.5, 0.6) is 5.75 Å². The summed E-state index contributed by atoms with van der Waals surface area (Å²) in [5, 5.41) is 32.8. The lowest BCUT2D eigenvalue weighted by molar-refractivity contribution is 0.198. The Bertz CT molecular complexity index is 1230. The predicted octanol–water partition coefficient (Wildman–Crippen LogP) is 5.99. The van der Waals surface area contributed by atoms with Crippen LogP contribution in [0, 0.1) is 0 Å². The van der Waals surface area contributed by atoms with Crippen LogP contribution in [0.3, 0.4) is 0 Å². The maximum absolute atomic E-state index is 11.1. The summed E-state index contributed by atoms with van der Waals surface area (Å²) >= 11 is 0. The number of phenolic OH excluding ortho intramolecular Hbond substituents is 1. The molecule has 0 fully saturated rings. The number of benzene rings is 3. The van der Waals surface area contributed by atoms with Gasteiger partial charge in [-0.2, -0.15) is 0 Å². The number of allylic oxidation sites excluding steroid dienone is 1. The second-order valence-electron chi connectivity index (χ2n) is 11.0. The third kappa shape index (κ3) is 7.67. The van der Waals surface area contributed by atoms with E-state index in [1.807, 2.05) is 31.2 Å². The standard InChI is InChI=1S/C34H42O4Si/c1-26(23-28-13-12-14-29(36)24-28)19-20-33(37)32(21-22-35)27(2)25-38-39(34(3,4)5,30-15-8-6-9-16-30)31-17-10-7-11-18-31/h6-18,21,23-24,33,35-37H,2,19-20,22,25H2,1,3-5H3/b26-23+,32-21-. The summed E-state index contributed by atoms with van der Waals surface area (Å²) in [4.78, 5) is 0. The maximum Gasteiger partial charge on any atom is 0.261 e. The van der Waals surface area contributed by atoms with Gasteiger partial charge in [-0.25, -0.2) is 0 Å². The first-order chi connectivity index (χ1) is 18.6. The van der Waals surface area contributed by atoms with Gasteiger partial charge >= 0.3 is 0 Å². The molecular weight excluding hydrogens is 500 g/mol. The van der Waals surface area contributed by atoms with Crippen LogP contribution in [0.25, 0.3) is 6.08 Å². The largest absolute Gasteiger partial charge is 0.508 e. The average molecular weight is 543 g/mol. The highest BCUT2D eigenvalue weighted by molar-refractivity contribution is 6.99. The molecule has 0 aliphatic rings. The lowest BCUT2D eigenvalue weighted by Gasteiger charge is -2.43. The molecular formula is C34H42O4Si. The van der Waals surface area contributed by atoms with Crippen LogP contribution in [0.15, 0.2) is 114 Å². The smallest absolute Gasteiger partial charge is 0.261 e. The van der Waals surface area contributed by atoms with E-state index >= 15 is 0 Å². The molecule has 0 bridgehead atoms. The van der Waals surface area contributed by atoms with E-state index in [9.17, 15) is 15.3 Å². The fourth-order valence-electron chi connectivity index (χ4n) is 5.15. The van der Waals surface area contributed by atoms with E-state index < -0.39 is 14.4 Å². The summed E-state index contributed by atoms with van der Waals surface area (Å²) < 4.78 is 6.99. The Morgan fingerprint density at radius 1 is 0.949 bits per heavy atom. The summed E-state index contributed by atoms with van der Waals surface area (Å²) in [5.41, 5.74) is 3.27. The molecule has 0 amide bonds. The normalized spacial score (nSPS) is 13.8. The van der Waals surface area contributed by atoms with Crippen molar-refractivity contribution in [3.8, 4) is 5.75 Å². The van der Waals surface area contributed by atoms with Gasteiger partial charge < -0.3 is 19.7 Å². The first kappa shape index (κ1) is 30.3. The lowest BCUT2D eigenvalue weighted by Crippen LogP contribution is -2.66. The Balaban J connectivity index is 1.82. The summed E-state index contributed by atoms with van der Waals surface area (Å²) in [7, 11) is -2.76. The number of hydrogen-bond acceptors (Lipinski definition) is 4. The molecule has 3 aromatic rings. The first-order valence-corrected chi connectivity index (χ1v) is 15.4. The molecule has 0 spiro atoms. The second-order valence-corrected chi connectivity index (χ2v) is 15.3. The number of phenols is 1. The van der Waals surface area contributed by atoms with Crippen LogP contribution in [0.1, 0.15) is 46.1 Å². The SMILES string of the molecule is C=C(CO[Si](c1ccccc1)(c1ccccc1)C(C)(C)C)/C(=C/CO)C(O)CC/C(C)=C/c1cccc(O)c1. The van der Waals surface area contributed by atoms with Crippen molar-refractivity contribution >= 4 is 24.8 Å². The minimum absolute atomic E-state index is 0.177. The molecule has 3 aromatic carbocycles. The maximum atomic E-state index is 11.1. The number of aromatic hydroxyl groups is 1. The lowest BCUT2D eigenvalue weighted by atomic mass is 9.96. The molecule has 0 aromatic heterocycles. The Morgan fingerprint density at radius 2 is 1.54 bits per heavy atom. The quantitative estimate of drug-likeness (QED) is 0.194. The Labute approximate surface area is 234 Å². The highest BCUT2D eigenvalue weighted by Gasteiger charge is 2.50. The summed E-state index contributed by atoms with van der Waals surface area (Å²) in [6.07, 6.45) is 3.98. The van der Waals surface area contributed by atoms with E-state index in [1.165, 1.54) is 10.4 Å². The summed E-state index contributed by atoms with van der Waals surface area (Å²) in [5.74, 6) is 0.224. The number of aliphatic hydroxyl groups is 2. The summed E-state index contributed by atoms with van der Waals surface area (Å²) in [6, 6.07) is 27.9. The molecule has 0 aliphatic carbocycles. The molecule has 3 rings (SSSR count). The molecule has 0 saturated carbocycles. The van der Waals surface area contributed by atoms with Gasteiger partial charge in [0.1, 0.15) is 5.75 Å². The van der Waals surface area contributed by atoms with Gasteiger partial charge in [0.2, 0.25) is 0 Å². The van der Waals surface area contributed by atoms with E-state index in [2.05, 4.69) is 75.9 Å². The highest BCUT2D eigenvalue weighted by atomic mass is 28.4. The molecule has 1 unspecified atom stereocenters. The second kappa shape index (κ2) is 13.7. The fourth-order valence-corrected chi connectivity index (χ4v) is 9.69. The van der Waals surface area contributed by atoms with Gasteiger partial charge in [0.15, 0.2) is 0 Å². The zero-order valence-electron chi connectivity index (χ0n) is 23.6. The molecule has 4 nitrogen and oxygen atoms in total. The third-order valence-corrected chi connectivity index (χ3v) is 12.0.